The number of pyridine rings is 1. The van der Waals surface area contributed by atoms with Gasteiger partial charge in [0.05, 0.1) is 12.0 Å². The Bertz CT molecular complexity index is 868. The first-order chi connectivity index (χ1) is 12.6. The smallest absolute Gasteiger partial charge is 0.344 e. The van der Waals surface area contributed by atoms with Crippen LogP contribution in [0.25, 0.3) is 10.8 Å². The summed E-state index contributed by atoms with van der Waals surface area (Å²) in [5.41, 5.74) is -0.253. The highest BCUT2D eigenvalue weighted by atomic mass is 16.6. The Balaban J connectivity index is 1.81. The molecule has 2 heterocycles. The van der Waals surface area contributed by atoms with E-state index in [1.54, 1.807) is 42.3 Å². The third kappa shape index (κ3) is 3.87. The second-order valence-corrected chi connectivity index (χ2v) is 6.15. The SMILES string of the molecule is CCOC(=O)COc1cccc2c(=O)n(CC(=O)N3CCCC3)ccc12. The fourth-order valence-corrected chi connectivity index (χ4v) is 3.09. The first kappa shape index (κ1) is 18.0. The number of amides is 1. The lowest BCUT2D eigenvalue weighted by Gasteiger charge is -2.16. The molecule has 7 nitrogen and oxygen atoms in total. The minimum atomic E-state index is -0.464. The minimum absolute atomic E-state index is 0.0304. The van der Waals surface area contributed by atoms with Gasteiger partial charge in [-0.1, -0.05) is 6.07 Å². The van der Waals surface area contributed by atoms with Gasteiger partial charge in [0.1, 0.15) is 12.3 Å². The van der Waals surface area contributed by atoms with Crippen LogP contribution in [-0.4, -0.2) is 47.6 Å². The number of rotatable bonds is 6. The molecule has 0 aliphatic carbocycles. The summed E-state index contributed by atoms with van der Waals surface area (Å²) in [4.78, 5) is 38.3. The molecule has 0 saturated carbocycles. The number of benzene rings is 1. The number of hydrogen-bond acceptors (Lipinski definition) is 5. The van der Waals surface area contributed by atoms with Crippen molar-refractivity contribution >= 4 is 22.6 Å². The van der Waals surface area contributed by atoms with E-state index in [2.05, 4.69) is 0 Å². The fourth-order valence-electron chi connectivity index (χ4n) is 3.09. The molecule has 1 amide bonds. The summed E-state index contributed by atoms with van der Waals surface area (Å²) in [6.45, 7) is 3.33. The molecular formula is C19H22N2O5. The van der Waals surface area contributed by atoms with E-state index in [1.807, 2.05) is 0 Å². The molecule has 1 aliphatic heterocycles. The first-order valence-corrected chi connectivity index (χ1v) is 8.78. The maximum atomic E-state index is 12.7. The monoisotopic (exact) mass is 358 g/mol. The Morgan fingerprint density at radius 2 is 1.88 bits per heavy atom. The Morgan fingerprint density at radius 3 is 2.62 bits per heavy atom. The number of fused-ring (bicyclic) bond motifs is 1. The maximum Gasteiger partial charge on any atom is 0.344 e. The van der Waals surface area contributed by atoms with E-state index in [-0.39, 0.29) is 31.2 Å². The number of nitrogens with zero attached hydrogens (tertiary/aromatic N) is 2. The van der Waals surface area contributed by atoms with Crippen LogP contribution in [0.2, 0.25) is 0 Å². The van der Waals surface area contributed by atoms with Crippen molar-refractivity contribution < 1.29 is 19.1 Å². The van der Waals surface area contributed by atoms with Gasteiger partial charge in [0.25, 0.3) is 5.56 Å². The summed E-state index contributed by atoms with van der Waals surface area (Å²) in [6.07, 6.45) is 3.62. The number of likely N-dealkylation sites (tertiary alicyclic amines) is 1. The highest BCUT2D eigenvalue weighted by Crippen LogP contribution is 2.23. The van der Waals surface area contributed by atoms with Crippen molar-refractivity contribution in [1.82, 2.24) is 9.47 Å². The molecule has 1 fully saturated rings. The van der Waals surface area contributed by atoms with Crippen LogP contribution in [0.1, 0.15) is 19.8 Å². The van der Waals surface area contributed by atoms with Crippen molar-refractivity contribution in [2.45, 2.75) is 26.3 Å². The molecule has 138 valence electrons. The molecule has 0 unspecified atom stereocenters. The molecule has 3 rings (SSSR count). The Labute approximate surface area is 151 Å². The van der Waals surface area contributed by atoms with Gasteiger partial charge < -0.3 is 18.9 Å². The fraction of sp³-hybridized carbons (Fsp3) is 0.421. The highest BCUT2D eigenvalue weighted by Gasteiger charge is 2.19. The van der Waals surface area contributed by atoms with Gasteiger partial charge in [0.15, 0.2) is 6.61 Å². The van der Waals surface area contributed by atoms with Gasteiger partial charge in [0, 0.05) is 24.7 Å². The van der Waals surface area contributed by atoms with E-state index in [9.17, 15) is 14.4 Å². The summed E-state index contributed by atoms with van der Waals surface area (Å²) in [5.74, 6) is -0.0709. The second kappa shape index (κ2) is 8.03. The van der Waals surface area contributed by atoms with Gasteiger partial charge in [-0.2, -0.15) is 0 Å². The van der Waals surface area contributed by atoms with Crippen molar-refractivity contribution in [2.24, 2.45) is 0 Å². The third-order valence-electron chi connectivity index (χ3n) is 4.39. The molecule has 0 radical (unpaired) electrons. The zero-order valence-corrected chi connectivity index (χ0v) is 14.8. The number of carbonyl (C=O) groups is 2. The molecule has 0 N–H and O–H groups in total. The molecule has 1 saturated heterocycles. The molecule has 2 aromatic rings. The third-order valence-corrected chi connectivity index (χ3v) is 4.39. The summed E-state index contributed by atoms with van der Waals surface area (Å²) >= 11 is 0. The van der Waals surface area contributed by atoms with E-state index < -0.39 is 5.97 Å². The van der Waals surface area contributed by atoms with Gasteiger partial charge in [-0.3, -0.25) is 9.59 Å². The number of aromatic nitrogens is 1. The molecule has 1 aliphatic rings. The number of carbonyl (C=O) groups excluding carboxylic acids is 2. The van der Waals surface area contributed by atoms with E-state index in [1.165, 1.54) is 4.57 Å². The zero-order chi connectivity index (χ0) is 18.5. The molecule has 0 atom stereocenters. The van der Waals surface area contributed by atoms with Gasteiger partial charge in [-0.05, 0) is 38.0 Å². The van der Waals surface area contributed by atoms with Crippen LogP contribution < -0.4 is 10.3 Å². The Kier molecular flexibility index (Phi) is 5.55. The first-order valence-electron chi connectivity index (χ1n) is 8.78. The van der Waals surface area contributed by atoms with E-state index in [4.69, 9.17) is 9.47 Å². The van der Waals surface area contributed by atoms with Crippen LogP contribution in [0.3, 0.4) is 0 Å². The average molecular weight is 358 g/mol. The Hall–Kier alpha value is -2.83. The summed E-state index contributed by atoms with van der Waals surface area (Å²) in [6, 6.07) is 6.80. The molecule has 1 aromatic heterocycles. The van der Waals surface area contributed by atoms with Gasteiger partial charge in [-0.25, -0.2) is 4.79 Å². The maximum absolute atomic E-state index is 12.7. The van der Waals surface area contributed by atoms with Crippen molar-refractivity contribution in [3.8, 4) is 5.75 Å². The minimum Gasteiger partial charge on any atom is -0.481 e. The van der Waals surface area contributed by atoms with Crippen LogP contribution in [0.5, 0.6) is 5.75 Å². The Morgan fingerprint density at radius 1 is 1.12 bits per heavy atom. The normalized spacial score (nSPS) is 13.8. The molecular weight excluding hydrogens is 336 g/mol. The molecule has 7 heteroatoms. The average Bonchev–Trinajstić information content (AvgIpc) is 3.17. The van der Waals surface area contributed by atoms with E-state index in [0.29, 0.717) is 16.5 Å². The summed E-state index contributed by atoms with van der Waals surface area (Å²) in [7, 11) is 0. The van der Waals surface area contributed by atoms with Gasteiger partial charge in [0.2, 0.25) is 5.91 Å². The highest BCUT2D eigenvalue weighted by molar-refractivity contribution is 5.88. The number of esters is 1. The predicted molar refractivity (Wildman–Crippen MR) is 96.2 cm³/mol. The van der Waals surface area contributed by atoms with Crippen molar-refractivity contribution in [3.05, 3.63) is 40.8 Å². The molecule has 0 spiro atoms. The largest absolute Gasteiger partial charge is 0.481 e. The number of hydrogen-bond donors (Lipinski definition) is 0. The van der Waals surface area contributed by atoms with Crippen molar-refractivity contribution in [1.29, 1.82) is 0 Å². The van der Waals surface area contributed by atoms with Crippen molar-refractivity contribution in [2.75, 3.05) is 26.3 Å². The van der Waals surface area contributed by atoms with E-state index in [0.717, 1.165) is 25.9 Å². The van der Waals surface area contributed by atoms with Crippen LogP contribution in [-0.2, 0) is 20.9 Å². The quantitative estimate of drug-likeness (QED) is 0.733. The van der Waals surface area contributed by atoms with Crippen LogP contribution in [0.15, 0.2) is 35.3 Å². The topological polar surface area (TPSA) is 77.8 Å². The van der Waals surface area contributed by atoms with E-state index >= 15 is 0 Å². The lowest BCUT2D eigenvalue weighted by Crippen LogP contribution is -2.34. The summed E-state index contributed by atoms with van der Waals surface area (Å²) < 4.78 is 11.7. The summed E-state index contributed by atoms with van der Waals surface area (Å²) in [5, 5.41) is 1.05. The number of ether oxygens (including phenoxy) is 2. The predicted octanol–water partition coefficient (Wildman–Crippen LogP) is 1.57. The standard InChI is InChI=1S/C19H22N2O5/c1-2-25-18(23)13-26-16-7-5-6-15-14(16)8-11-21(19(15)24)12-17(22)20-9-3-4-10-20/h5-8,11H,2-4,9-10,12-13H2,1H3. The van der Waals surface area contributed by atoms with Crippen LogP contribution >= 0.6 is 0 Å². The molecule has 1 aromatic carbocycles. The van der Waals surface area contributed by atoms with Gasteiger partial charge >= 0.3 is 5.97 Å². The second-order valence-electron chi connectivity index (χ2n) is 6.15. The van der Waals surface area contributed by atoms with Gasteiger partial charge in [-0.15, -0.1) is 0 Å². The van der Waals surface area contributed by atoms with Crippen LogP contribution in [0, 0.1) is 0 Å². The zero-order valence-electron chi connectivity index (χ0n) is 14.8. The molecule has 0 bridgehead atoms. The lowest BCUT2D eigenvalue weighted by atomic mass is 10.1. The molecule has 26 heavy (non-hydrogen) atoms. The van der Waals surface area contributed by atoms with Crippen LogP contribution in [0.4, 0.5) is 0 Å². The lowest BCUT2D eigenvalue weighted by molar-refractivity contribution is -0.145. The van der Waals surface area contributed by atoms with Crippen molar-refractivity contribution in [3.63, 3.8) is 0 Å².